The molecule has 1 rings (SSSR count). The van der Waals surface area contributed by atoms with Gasteiger partial charge in [-0.25, -0.2) is 13.2 Å². The smallest absolute Gasteiger partial charge is 0.329 e. The van der Waals surface area contributed by atoms with Crippen molar-refractivity contribution in [3.8, 4) is 0 Å². The van der Waals surface area contributed by atoms with Gasteiger partial charge in [0.25, 0.3) is 0 Å². The molecule has 2 atom stereocenters. The molecule has 1 saturated heterocycles. The first-order valence-corrected chi connectivity index (χ1v) is 8.12. The van der Waals surface area contributed by atoms with Crippen LogP contribution in [0.3, 0.4) is 0 Å². The molecule has 19 heavy (non-hydrogen) atoms. The van der Waals surface area contributed by atoms with E-state index in [-0.39, 0.29) is 12.2 Å². The molecule has 1 aliphatic heterocycles. The maximum absolute atomic E-state index is 12.1. The van der Waals surface area contributed by atoms with Gasteiger partial charge in [0.15, 0.2) is 0 Å². The molecular formula is C11H20N2O5S. The quantitative estimate of drug-likeness (QED) is 0.686. The second kappa shape index (κ2) is 5.46. The highest BCUT2D eigenvalue weighted by atomic mass is 32.2. The molecule has 1 heterocycles. The molecule has 3 N–H and O–H groups in total. The van der Waals surface area contributed by atoms with Gasteiger partial charge >= 0.3 is 5.97 Å². The highest BCUT2D eigenvalue weighted by Crippen LogP contribution is 2.29. The molecule has 2 unspecified atom stereocenters. The monoisotopic (exact) mass is 292 g/mol. The maximum atomic E-state index is 12.1. The van der Waals surface area contributed by atoms with E-state index < -0.39 is 33.3 Å². The van der Waals surface area contributed by atoms with Gasteiger partial charge in [0.2, 0.25) is 5.91 Å². The van der Waals surface area contributed by atoms with Crippen molar-refractivity contribution in [3.63, 3.8) is 0 Å². The van der Waals surface area contributed by atoms with E-state index >= 15 is 0 Å². The summed E-state index contributed by atoms with van der Waals surface area (Å²) in [5.74, 6) is -1.74. The molecule has 0 aromatic heterocycles. The molecule has 7 nitrogen and oxygen atoms in total. The molecule has 0 bridgehead atoms. The van der Waals surface area contributed by atoms with E-state index in [2.05, 4.69) is 0 Å². The molecule has 0 radical (unpaired) electrons. The average molecular weight is 292 g/mol. The van der Waals surface area contributed by atoms with Gasteiger partial charge in [-0.15, -0.1) is 0 Å². The third-order valence-electron chi connectivity index (χ3n) is 3.48. The van der Waals surface area contributed by atoms with Crippen LogP contribution >= 0.6 is 0 Å². The Morgan fingerprint density at radius 3 is 2.53 bits per heavy atom. The molecule has 0 aliphatic carbocycles. The van der Waals surface area contributed by atoms with Crippen molar-refractivity contribution in [3.05, 3.63) is 0 Å². The van der Waals surface area contributed by atoms with Crippen LogP contribution in [0.4, 0.5) is 0 Å². The molecule has 110 valence electrons. The molecule has 0 aromatic carbocycles. The summed E-state index contributed by atoms with van der Waals surface area (Å²) >= 11 is 0. The number of carbonyl (C=O) groups is 2. The minimum absolute atomic E-state index is 0.00384. The second-order valence-corrected chi connectivity index (χ2v) is 7.46. The predicted molar refractivity (Wildman–Crippen MR) is 69.3 cm³/mol. The highest BCUT2D eigenvalue weighted by Gasteiger charge is 2.46. The normalized spacial score (nSPS) is 25.3. The number of likely N-dealkylation sites (tertiary alicyclic amines) is 1. The van der Waals surface area contributed by atoms with E-state index in [0.29, 0.717) is 19.4 Å². The van der Waals surface area contributed by atoms with Gasteiger partial charge in [0, 0.05) is 12.8 Å². The minimum atomic E-state index is -3.19. The van der Waals surface area contributed by atoms with Crippen molar-refractivity contribution in [2.45, 2.75) is 37.8 Å². The molecule has 0 saturated carbocycles. The van der Waals surface area contributed by atoms with Crippen molar-refractivity contribution in [1.29, 1.82) is 0 Å². The zero-order valence-corrected chi connectivity index (χ0v) is 11.9. The number of hydrogen-bond acceptors (Lipinski definition) is 5. The highest BCUT2D eigenvalue weighted by molar-refractivity contribution is 7.90. The minimum Gasteiger partial charge on any atom is -0.480 e. The van der Waals surface area contributed by atoms with Gasteiger partial charge in [-0.2, -0.15) is 0 Å². The van der Waals surface area contributed by atoms with Gasteiger partial charge in [-0.3, -0.25) is 4.79 Å². The zero-order valence-electron chi connectivity index (χ0n) is 11.1. The van der Waals surface area contributed by atoms with Crippen LogP contribution in [-0.4, -0.2) is 60.4 Å². The van der Waals surface area contributed by atoms with Crippen molar-refractivity contribution in [2.24, 2.45) is 5.73 Å². The molecule has 1 fully saturated rings. The number of aliphatic carboxylic acids is 1. The largest absolute Gasteiger partial charge is 0.480 e. The Hall–Kier alpha value is -1.15. The van der Waals surface area contributed by atoms with Gasteiger partial charge in [0.1, 0.15) is 15.4 Å². The number of nitrogens with two attached hydrogens (primary N) is 1. The summed E-state index contributed by atoms with van der Waals surface area (Å²) in [5, 5.41) is 9.20. The second-order valence-electron chi connectivity index (χ2n) is 5.20. The van der Waals surface area contributed by atoms with Crippen molar-refractivity contribution in [1.82, 2.24) is 4.90 Å². The van der Waals surface area contributed by atoms with Crippen LogP contribution in [0.5, 0.6) is 0 Å². The van der Waals surface area contributed by atoms with Crippen molar-refractivity contribution in [2.75, 3.05) is 18.6 Å². The summed E-state index contributed by atoms with van der Waals surface area (Å²) in [7, 11) is -3.19. The van der Waals surface area contributed by atoms with E-state index in [1.54, 1.807) is 0 Å². The van der Waals surface area contributed by atoms with Crippen molar-refractivity contribution < 1.29 is 23.1 Å². The third kappa shape index (κ3) is 3.66. The fourth-order valence-corrected chi connectivity index (χ4v) is 2.89. The summed E-state index contributed by atoms with van der Waals surface area (Å²) in [5.41, 5.74) is 4.44. The average Bonchev–Trinajstić information content (AvgIpc) is 2.67. The lowest BCUT2D eigenvalue weighted by Gasteiger charge is -2.33. The number of carboxylic acids is 1. The fraction of sp³-hybridized carbons (Fsp3) is 0.818. The molecular weight excluding hydrogens is 272 g/mol. The molecule has 1 amide bonds. The van der Waals surface area contributed by atoms with Gasteiger partial charge in [-0.05, 0) is 26.2 Å². The lowest BCUT2D eigenvalue weighted by molar-refractivity contribution is -0.155. The van der Waals surface area contributed by atoms with Crippen molar-refractivity contribution >= 4 is 21.7 Å². The van der Waals surface area contributed by atoms with Crippen LogP contribution < -0.4 is 5.73 Å². The number of rotatable bonds is 5. The predicted octanol–water partition coefficient (Wildman–Crippen LogP) is -0.786. The van der Waals surface area contributed by atoms with Gasteiger partial charge < -0.3 is 15.7 Å². The summed E-state index contributed by atoms with van der Waals surface area (Å²) in [6, 6.07) is -0.980. The van der Waals surface area contributed by atoms with Crippen LogP contribution in [-0.2, 0) is 19.4 Å². The van der Waals surface area contributed by atoms with Crippen LogP contribution in [0.15, 0.2) is 0 Å². The van der Waals surface area contributed by atoms with Crippen LogP contribution in [0.2, 0.25) is 0 Å². The number of amides is 1. The lowest BCUT2D eigenvalue weighted by atomic mass is 9.98. The summed E-state index contributed by atoms with van der Waals surface area (Å²) in [6.07, 6.45) is 2.06. The maximum Gasteiger partial charge on any atom is 0.329 e. The Bertz CT molecular complexity index is 475. The Morgan fingerprint density at radius 1 is 1.47 bits per heavy atom. The van der Waals surface area contributed by atoms with E-state index in [0.717, 1.165) is 6.26 Å². The number of hydrogen-bond donors (Lipinski definition) is 2. The SMILES string of the molecule is CC1(C(=O)O)CCCN1C(=O)C(N)CCS(C)(=O)=O. The van der Waals surface area contributed by atoms with E-state index in [1.807, 2.05) is 0 Å². The fourth-order valence-electron chi connectivity index (χ4n) is 2.20. The van der Waals surface area contributed by atoms with E-state index in [1.165, 1.54) is 11.8 Å². The van der Waals surface area contributed by atoms with Crippen LogP contribution in [0, 0.1) is 0 Å². The third-order valence-corrected chi connectivity index (χ3v) is 4.46. The Morgan fingerprint density at radius 2 is 2.05 bits per heavy atom. The zero-order chi connectivity index (χ0) is 14.8. The number of sulfone groups is 1. The van der Waals surface area contributed by atoms with Crippen LogP contribution in [0.1, 0.15) is 26.2 Å². The standard InChI is InChI=1S/C11H20N2O5S/c1-11(10(15)16)5-3-6-13(11)9(14)8(12)4-7-19(2,17)18/h8H,3-7,12H2,1-2H3,(H,15,16). The van der Waals surface area contributed by atoms with E-state index in [4.69, 9.17) is 5.73 Å². The molecule has 0 spiro atoms. The summed E-state index contributed by atoms with van der Waals surface area (Å²) in [6.45, 7) is 1.83. The number of carboxylic acid groups (broad SMARTS) is 1. The van der Waals surface area contributed by atoms with Gasteiger partial charge in [0.05, 0.1) is 11.8 Å². The van der Waals surface area contributed by atoms with Crippen LogP contribution in [0.25, 0.3) is 0 Å². The summed E-state index contributed by atoms with van der Waals surface area (Å²) in [4.78, 5) is 24.6. The topological polar surface area (TPSA) is 118 Å². The Balaban J connectivity index is 2.74. The van der Waals surface area contributed by atoms with E-state index in [9.17, 15) is 23.1 Å². The summed E-state index contributed by atoms with van der Waals surface area (Å²) < 4.78 is 22.1. The van der Waals surface area contributed by atoms with Gasteiger partial charge in [-0.1, -0.05) is 0 Å². The first-order valence-electron chi connectivity index (χ1n) is 6.06. The molecule has 8 heteroatoms. The Labute approximate surface area is 112 Å². The lowest BCUT2D eigenvalue weighted by Crippen LogP contribution is -2.55. The first-order chi connectivity index (χ1) is 8.58. The first kappa shape index (κ1) is 15.9. The number of carbonyl (C=O) groups excluding carboxylic acids is 1. The molecule has 1 aliphatic rings. The number of nitrogens with zero attached hydrogens (tertiary/aromatic N) is 1. The molecule has 0 aromatic rings. The Kier molecular flexibility index (Phi) is 4.57.